The highest BCUT2D eigenvalue weighted by Gasteiger charge is 2.27. The van der Waals surface area contributed by atoms with Crippen molar-refractivity contribution in [3.05, 3.63) is 223 Å². The maximum Gasteiger partial charge on any atom is 0.0640 e. The van der Waals surface area contributed by atoms with Gasteiger partial charge in [-0.25, -0.2) is 0 Å². The molecule has 0 aliphatic rings. The highest BCUT2D eigenvalue weighted by atomic mass is 32.1. The SMILES string of the molecule is Cc1ccccc1N(c1ccccc1)c1cc2c(c3ccccc13)c1c3ccccc3c(N(c3ccccc3)c3ccccc3C)cc1n2-c1cccc2c1sc1ccccc12. The molecule has 2 aromatic heterocycles. The van der Waals surface area contributed by atoms with Gasteiger partial charge in [-0.05, 0) is 96.4 Å². The first-order valence-corrected chi connectivity index (χ1v) is 22.1. The van der Waals surface area contributed by atoms with Crippen LogP contribution in [-0.2, 0) is 0 Å². The summed E-state index contributed by atoms with van der Waals surface area (Å²) in [6.45, 7) is 4.43. The van der Waals surface area contributed by atoms with Crippen LogP contribution in [0, 0.1) is 13.8 Å². The molecule has 4 heteroatoms. The number of nitrogens with zero attached hydrogens (tertiary/aromatic N) is 3. The van der Waals surface area contributed by atoms with Gasteiger partial charge in [0.05, 0.1) is 32.8 Å². The highest BCUT2D eigenvalue weighted by Crippen LogP contribution is 2.51. The zero-order chi connectivity index (χ0) is 41.3. The Kier molecular flexibility index (Phi) is 8.48. The number of rotatable bonds is 7. The Bertz CT molecular complexity index is 3490. The molecule has 10 aromatic carbocycles. The predicted octanol–water partition coefficient (Wildman–Crippen LogP) is 17.0. The minimum absolute atomic E-state index is 1.12. The summed E-state index contributed by atoms with van der Waals surface area (Å²) in [7, 11) is 0. The van der Waals surface area contributed by atoms with Gasteiger partial charge >= 0.3 is 0 Å². The highest BCUT2D eigenvalue weighted by molar-refractivity contribution is 7.26. The van der Waals surface area contributed by atoms with Crippen LogP contribution in [0.1, 0.15) is 11.1 Å². The molecule has 0 aliphatic heterocycles. The summed E-state index contributed by atoms with van der Waals surface area (Å²) >= 11 is 1.88. The molecule has 0 amide bonds. The summed E-state index contributed by atoms with van der Waals surface area (Å²) in [6, 6.07) is 77.8. The van der Waals surface area contributed by atoms with Gasteiger partial charge < -0.3 is 14.4 Å². The van der Waals surface area contributed by atoms with E-state index in [0.29, 0.717) is 0 Å². The van der Waals surface area contributed by atoms with E-state index in [1.807, 2.05) is 11.3 Å². The van der Waals surface area contributed by atoms with Gasteiger partial charge in [-0.3, -0.25) is 0 Å². The van der Waals surface area contributed by atoms with Gasteiger partial charge in [-0.2, -0.15) is 0 Å². The maximum absolute atomic E-state index is 2.58. The number of benzene rings is 10. The molecule has 0 bridgehead atoms. The van der Waals surface area contributed by atoms with E-state index in [1.165, 1.54) is 69.3 Å². The quantitative estimate of drug-likeness (QED) is 0.159. The van der Waals surface area contributed by atoms with Gasteiger partial charge in [-0.15, -0.1) is 11.3 Å². The Hall–Kier alpha value is -7.66. The van der Waals surface area contributed by atoms with Gasteiger partial charge in [0, 0.05) is 59.8 Å². The molecule has 0 unspecified atom stereocenters. The van der Waals surface area contributed by atoms with Crippen LogP contribution < -0.4 is 9.80 Å². The number of aryl methyl sites for hydroxylation is 2. The number of fused-ring (bicyclic) bond motifs is 10. The van der Waals surface area contributed by atoms with Crippen molar-refractivity contribution < 1.29 is 0 Å². The molecule has 0 aliphatic carbocycles. The molecule has 12 rings (SSSR count). The fraction of sp³-hybridized carbons (Fsp3) is 0.0345. The van der Waals surface area contributed by atoms with E-state index in [4.69, 9.17) is 0 Å². The first-order chi connectivity index (χ1) is 30.6. The van der Waals surface area contributed by atoms with E-state index in [0.717, 1.165) is 45.2 Å². The van der Waals surface area contributed by atoms with Crippen LogP contribution in [0.3, 0.4) is 0 Å². The van der Waals surface area contributed by atoms with Gasteiger partial charge in [0.15, 0.2) is 0 Å². The second-order valence-electron chi connectivity index (χ2n) is 16.2. The van der Waals surface area contributed by atoms with Crippen molar-refractivity contribution in [2.45, 2.75) is 13.8 Å². The molecule has 0 spiro atoms. The van der Waals surface area contributed by atoms with Crippen LogP contribution >= 0.6 is 11.3 Å². The normalized spacial score (nSPS) is 11.7. The second kappa shape index (κ2) is 14.5. The number of para-hydroxylation sites is 4. The minimum Gasteiger partial charge on any atom is -0.310 e. The van der Waals surface area contributed by atoms with Crippen LogP contribution in [-0.4, -0.2) is 4.57 Å². The first kappa shape index (κ1) is 36.2. The van der Waals surface area contributed by atoms with Crippen molar-refractivity contribution in [2.24, 2.45) is 0 Å². The predicted molar refractivity (Wildman–Crippen MR) is 268 cm³/mol. The molecule has 0 saturated carbocycles. The molecule has 0 radical (unpaired) electrons. The lowest BCUT2D eigenvalue weighted by molar-refractivity contribution is 1.19. The van der Waals surface area contributed by atoms with Gasteiger partial charge in [0.2, 0.25) is 0 Å². The summed E-state index contributed by atoms with van der Waals surface area (Å²) in [5.41, 5.74) is 12.7. The smallest absolute Gasteiger partial charge is 0.0640 e. The lowest BCUT2D eigenvalue weighted by Crippen LogP contribution is -2.12. The molecule has 294 valence electrons. The molecular weight excluding hydrogens is 771 g/mol. The van der Waals surface area contributed by atoms with Crippen LogP contribution in [0.4, 0.5) is 34.1 Å². The lowest BCUT2D eigenvalue weighted by atomic mass is 9.96. The van der Waals surface area contributed by atoms with E-state index in [1.54, 1.807) is 0 Å². The lowest BCUT2D eigenvalue weighted by Gasteiger charge is -2.28. The molecule has 12 aromatic rings. The molecule has 0 fully saturated rings. The van der Waals surface area contributed by atoms with E-state index < -0.39 is 0 Å². The molecular formula is C58H41N3S. The van der Waals surface area contributed by atoms with Crippen LogP contribution in [0.2, 0.25) is 0 Å². The monoisotopic (exact) mass is 811 g/mol. The number of thiophene rings is 1. The summed E-state index contributed by atoms with van der Waals surface area (Å²) in [5, 5.41) is 9.90. The van der Waals surface area contributed by atoms with Crippen molar-refractivity contribution >= 4 is 109 Å². The van der Waals surface area contributed by atoms with Crippen molar-refractivity contribution in [1.29, 1.82) is 0 Å². The van der Waals surface area contributed by atoms with E-state index in [2.05, 4.69) is 241 Å². The molecule has 0 N–H and O–H groups in total. The van der Waals surface area contributed by atoms with Crippen LogP contribution in [0.15, 0.2) is 212 Å². The Morgan fingerprint density at radius 3 is 1.29 bits per heavy atom. The van der Waals surface area contributed by atoms with E-state index >= 15 is 0 Å². The Labute approximate surface area is 364 Å². The number of anilines is 6. The van der Waals surface area contributed by atoms with Crippen molar-refractivity contribution in [3.63, 3.8) is 0 Å². The fourth-order valence-corrected chi connectivity index (χ4v) is 11.0. The minimum atomic E-state index is 1.12. The fourth-order valence-electron chi connectivity index (χ4n) is 9.83. The summed E-state index contributed by atoms with van der Waals surface area (Å²) in [5.74, 6) is 0. The third-order valence-electron chi connectivity index (χ3n) is 12.6. The number of hydrogen-bond acceptors (Lipinski definition) is 3. The first-order valence-electron chi connectivity index (χ1n) is 21.3. The summed E-state index contributed by atoms with van der Waals surface area (Å²) in [6.07, 6.45) is 0. The zero-order valence-electron chi connectivity index (χ0n) is 34.5. The summed E-state index contributed by atoms with van der Waals surface area (Å²) in [4.78, 5) is 4.91. The zero-order valence-corrected chi connectivity index (χ0v) is 35.3. The number of aromatic nitrogens is 1. The molecule has 0 atom stereocenters. The standard InChI is InChI=1S/C58H41N3S/c1-38-20-9-16-32-48(38)59(40-22-5-3-6-23-40)51-36-53-56(45-29-13-11-26-42(45)51)57-46-30-14-12-27-43(46)52(60(41-24-7-4-8-25-41)49-33-17-10-21-39(49)2)37-54(57)61(53)50-34-19-31-47-44-28-15-18-35-55(44)62-58(47)50/h3-37H,1-2H3. The van der Waals surface area contributed by atoms with Crippen molar-refractivity contribution in [1.82, 2.24) is 4.57 Å². The molecule has 3 nitrogen and oxygen atoms in total. The molecule has 2 heterocycles. The van der Waals surface area contributed by atoms with Gasteiger partial charge in [0.25, 0.3) is 0 Å². The van der Waals surface area contributed by atoms with E-state index in [-0.39, 0.29) is 0 Å². The Morgan fingerprint density at radius 2 is 0.774 bits per heavy atom. The topological polar surface area (TPSA) is 11.4 Å². The van der Waals surface area contributed by atoms with E-state index in [9.17, 15) is 0 Å². The second-order valence-corrected chi connectivity index (χ2v) is 17.2. The largest absolute Gasteiger partial charge is 0.310 e. The third kappa shape index (κ3) is 5.57. The van der Waals surface area contributed by atoms with Crippen molar-refractivity contribution in [2.75, 3.05) is 9.80 Å². The maximum atomic E-state index is 2.58. The average molecular weight is 812 g/mol. The molecule has 0 saturated heterocycles. The summed E-state index contributed by atoms with van der Waals surface area (Å²) < 4.78 is 5.14. The van der Waals surface area contributed by atoms with Crippen LogP contribution in [0.5, 0.6) is 0 Å². The Morgan fingerprint density at radius 1 is 0.355 bits per heavy atom. The molecule has 62 heavy (non-hydrogen) atoms. The van der Waals surface area contributed by atoms with Crippen LogP contribution in [0.25, 0.3) is 69.2 Å². The van der Waals surface area contributed by atoms with Gasteiger partial charge in [-0.1, -0.05) is 152 Å². The average Bonchev–Trinajstić information content (AvgIpc) is 3.87. The third-order valence-corrected chi connectivity index (χ3v) is 13.8. The Balaban J connectivity index is 1.30. The van der Waals surface area contributed by atoms with Gasteiger partial charge in [0.1, 0.15) is 0 Å². The van der Waals surface area contributed by atoms with Crippen molar-refractivity contribution in [3.8, 4) is 5.69 Å². The number of hydrogen-bond donors (Lipinski definition) is 0.